The maximum Gasteiger partial charge on any atom is 0.251 e. The Labute approximate surface area is 148 Å². The molecule has 3 aromatic rings. The molecule has 0 spiro atoms. The van der Waals surface area contributed by atoms with E-state index in [4.69, 9.17) is 0 Å². The summed E-state index contributed by atoms with van der Waals surface area (Å²) < 4.78 is 8.27. The van der Waals surface area contributed by atoms with Crippen LogP contribution in [0.3, 0.4) is 0 Å². The highest BCUT2D eigenvalue weighted by atomic mass is 32.1. The van der Waals surface area contributed by atoms with Crippen molar-refractivity contribution in [3.63, 3.8) is 0 Å². The van der Waals surface area contributed by atoms with Crippen LogP contribution >= 0.6 is 11.7 Å². The van der Waals surface area contributed by atoms with Crippen LogP contribution in [0.5, 0.6) is 0 Å². The lowest BCUT2D eigenvalue weighted by molar-refractivity contribution is -0.117. The summed E-state index contributed by atoms with van der Waals surface area (Å²) in [7, 11) is 0. The van der Waals surface area contributed by atoms with E-state index in [1.165, 1.54) is 0 Å². The van der Waals surface area contributed by atoms with E-state index < -0.39 is 0 Å². The van der Waals surface area contributed by atoms with Gasteiger partial charge in [0, 0.05) is 31.3 Å². The third-order valence-corrected chi connectivity index (χ3v) is 4.69. The number of carbonyl (C=O) groups excluding carboxylic acids is 2. The van der Waals surface area contributed by atoms with Gasteiger partial charge in [0.05, 0.1) is 23.6 Å². The Kier molecular flexibility index (Phi) is 4.10. The number of aromatic nitrogens is 3. The Hall–Kier alpha value is -2.87. The van der Waals surface area contributed by atoms with Crippen LogP contribution in [0.15, 0.2) is 36.7 Å². The molecule has 3 heterocycles. The fourth-order valence-electron chi connectivity index (χ4n) is 2.85. The molecule has 1 aliphatic heterocycles. The first-order valence-electron chi connectivity index (χ1n) is 7.95. The number of fused-ring (bicyclic) bond motifs is 1. The topological polar surface area (TPSA) is 88.1 Å². The first-order chi connectivity index (χ1) is 12.2. The van der Waals surface area contributed by atoms with Gasteiger partial charge in [-0.2, -0.15) is 8.75 Å². The van der Waals surface area contributed by atoms with Crippen LogP contribution in [-0.4, -0.2) is 32.1 Å². The molecule has 0 aliphatic carbocycles. The molecule has 25 heavy (non-hydrogen) atoms. The first-order valence-corrected chi connectivity index (χ1v) is 8.68. The van der Waals surface area contributed by atoms with E-state index in [9.17, 15) is 9.59 Å². The van der Waals surface area contributed by atoms with Crippen LogP contribution in [-0.2, 0) is 11.3 Å². The molecular weight excluding hydrogens is 338 g/mol. The van der Waals surface area contributed by atoms with Gasteiger partial charge in [-0.3, -0.25) is 14.6 Å². The fourth-order valence-corrected chi connectivity index (χ4v) is 3.36. The molecule has 1 aliphatic rings. The Balaban J connectivity index is 1.45. The second kappa shape index (κ2) is 6.56. The number of anilines is 1. The van der Waals surface area contributed by atoms with Gasteiger partial charge in [0.2, 0.25) is 5.91 Å². The lowest BCUT2D eigenvalue weighted by Crippen LogP contribution is -2.25. The van der Waals surface area contributed by atoms with Gasteiger partial charge in [0.25, 0.3) is 5.91 Å². The number of amides is 2. The van der Waals surface area contributed by atoms with E-state index >= 15 is 0 Å². The van der Waals surface area contributed by atoms with Gasteiger partial charge in [-0.25, -0.2) is 0 Å². The van der Waals surface area contributed by atoms with Crippen molar-refractivity contribution >= 4 is 40.3 Å². The number of nitrogens with zero attached hydrogens (tertiary/aromatic N) is 4. The molecule has 4 rings (SSSR count). The fraction of sp³-hybridized carbons (Fsp3) is 0.235. The summed E-state index contributed by atoms with van der Waals surface area (Å²) in [6.07, 6.45) is 4.82. The van der Waals surface area contributed by atoms with Crippen molar-refractivity contribution in [2.45, 2.75) is 19.4 Å². The van der Waals surface area contributed by atoms with Crippen LogP contribution in [0.4, 0.5) is 5.69 Å². The summed E-state index contributed by atoms with van der Waals surface area (Å²) >= 11 is 1.13. The van der Waals surface area contributed by atoms with Crippen molar-refractivity contribution in [3.05, 3.63) is 47.8 Å². The number of benzene rings is 1. The molecule has 2 amide bonds. The van der Waals surface area contributed by atoms with Gasteiger partial charge in [-0.15, -0.1) is 0 Å². The van der Waals surface area contributed by atoms with Crippen LogP contribution < -0.4 is 10.2 Å². The van der Waals surface area contributed by atoms with Crippen molar-refractivity contribution in [2.75, 3.05) is 11.4 Å². The molecular formula is C17H15N5O2S. The highest BCUT2D eigenvalue weighted by Crippen LogP contribution is 2.21. The highest BCUT2D eigenvalue weighted by Gasteiger charge is 2.22. The first kappa shape index (κ1) is 15.6. The minimum absolute atomic E-state index is 0.119. The Morgan fingerprint density at radius 3 is 2.92 bits per heavy atom. The smallest absolute Gasteiger partial charge is 0.251 e. The molecule has 1 saturated heterocycles. The van der Waals surface area contributed by atoms with Crippen LogP contribution in [0, 0.1) is 0 Å². The maximum atomic E-state index is 12.3. The van der Waals surface area contributed by atoms with Crippen LogP contribution in [0.25, 0.3) is 11.0 Å². The average Bonchev–Trinajstić information content (AvgIpc) is 3.27. The zero-order valence-electron chi connectivity index (χ0n) is 13.3. The van der Waals surface area contributed by atoms with E-state index in [0.717, 1.165) is 41.5 Å². The zero-order chi connectivity index (χ0) is 17.2. The number of pyridine rings is 1. The summed E-state index contributed by atoms with van der Waals surface area (Å²) in [6, 6.07) is 7.14. The lowest BCUT2D eigenvalue weighted by Gasteiger charge is -2.16. The third kappa shape index (κ3) is 3.20. The van der Waals surface area contributed by atoms with Crippen LogP contribution in [0.1, 0.15) is 28.8 Å². The van der Waals surface area contributed by atoms with Crippen molar-refractivity contribution in [3.8, 4) is 0 Å². The number of hydrogen-bond acceptors (Lipinski definition) is 6. The van der Waals surface area contributed by atoms with Gasteiger partial charge >= 0.3 is 0 Å². The molecule has 2 aromatic heterocycles. The van der Waals surface area contributed by atoms with E-state index in [2.05, 4.69) is 19.0 Å². The molecule has 8 heteroatoms. The molecule has 7 nitrogen and oxygen atoms in total. The molecule has 0 atom stereocenters. The van der Waals surface area contributed by atoms with Crippen molar-refractivity contribution in [1.82, 2.24) is 19.0 Å². The largest absolute Gasteiger partial charge is 0.348 e. The predicted molar refractivity (Wildman–Crippen MR) is 94.4 cm³/mol. The number of carbonyl (C=O) groups is 2. The number of rotatable bonds is 4. The normalized spacial score (nSPS) is 14.2. The van der Waals surface area contributed by atoms with Gasteiger partial charge in [-0.1, -0.05) is 0 Å². The average molecular weight is 353 g/mol. The standard InChI is InChI=1S/C17H15N5O2S/c23-16-2-1-5-22(16)13-6-11(8-18-10-13)9-19-17(24)12-3-4-14-15(7-12)21-25-20-14/h3-4,6-8,10H,1-2,5,9H2,(H,19,24). The van der Waals surface area contributed by atoms with Crippen molar-refractivity contribution in [1.29, 1.82) is 0 Å². The summed E-state index contributed by atoms with van der Waals surface area (Å²) in [5.41, 5.74) is 3.67. The molecule has 1 aromatic carbocycles. The van der Waals surface area contributed by atoms with E-state index in [1.807, 2.05) is 6.07 Å². The molecule has 1 fully saturated rings. The number of hydrogen-bond donors (Lipinski definition) is 1. The highest BCUT2D eigenvalue weighted by molar-refractivity contribution is 7.00. The Bertz CT molecular complexity index is 955. The van der Waals surface area contributed by atoms with Crippen LogP contribution in [0.2, 0.25) is 0 Å². The summed E-state index contributed by atoms with van der Waals surface area (Å²) in [5, 5.41) is 2.87. The molecule has 126 valence electrons. The molecule has 0 radical (unpaired) electrons. The van der Waals surface area contributed by atoms with Crippen molar-refractivity contribution < 1.29 is 9.59 Å². The maximum absolute atomic E-state index is 12.3. The second-order valence-electron chi connectivity index (χ2n) is 5.85. The van der Waals surface area contributed by atoms with Gasteiger partial charge in [0.1, 0.15) is 11.0 Å². The summed E-state index contributed by atoms with van der Waals surface area (Å²) in [5.74, 6) is -0.0642. The van der Waals surface area contributed by atoms with Gasteiger partial charge in [-0.05, 0) is 36.2 Å². The number of nitrogens with one attached hydrogen (secondary N) is 1. The van der Waals surface area contributed by atoms with Gasteiger partial charge < -0.3 is 10.2 Å². The molecule has 0 bridgehead atoms. The Morgan fingerprint density at radius 2 is 2.08 bits per heavy atom. The van der Waals surface area contributed by atoms with Gasteiger partial charge in [0.15, 0.2) is 0 Å². The predicted octanol–water partition coefficient (Wildman–Crippen LogP) is 2.14. The summed E-state index contributed by atoms with van der Waals surface area (Å²) in [6.45, 7) is 1.06. The Morgan fingerprint density at radius 1 is 1.20 bits per heavy atom. The minimum Gasteiger partial charge on any atom is -0.348 e. The zero-order valence-corrected chi connectivity index (χ0v) is 14.1. The molecule has 0 unspecified atom stereocenters. The van der Waals surface area contributed by atoms with E-state index in [0.29, 0.717) is 24.0 Å². The second-order valence-corrected chi connectivity index (χ2v) is 6.38. The molecule has 0 saturated carbocycles. The SMILES string of the molecule is O=C(NCc1cncc(N2CCCC2=O)c1)c1ccc2nsnc2c1. The quantitative estimate of drug-likeness (QED) is 0.776. The van der Waals surface area contributed by atoms with Crippen molar-refractivity contribution in [2.24, 2.45) is 0 Å². The minimum atomic E-state index is -0.183. The monoisotopic (exact) mass is 353 g/mol. The third-order valence-electron chi connectivity index (χ3n) is 4.13. The van der Waals surface area contributed by atoms with E-state index in [-0.39, 0.29) is 11.8 Å². The molecule has 1 N–H and O–H groups in total. The van der Waals surface area contributed by atoms with E-state index in [1.54, 1.807) is 35.5 Å². The summed E-state index contributed by atoms with van der Waals surface area (Å²) in [4.78, 5) is 30.1. The lowest BCUT2D eigenvalue weighted by atomic mass is 10.2.